The van der Waals surface area contributed by atoms with Gasteiger partial charge in [0.1, 0.15) is 5.82 Å². The molecule has 3 aromatic rings. The maximum atomic E-state index is 13.4. The highest BCUT2D eigenvalue weighted by molar-refractivity contribution is 5.90. The number of hydrogen-bond acceptors (Lipinski definition) is 4. The first-order valence-corrected chi connectivity index (χ1v) is 12.5. The molecule has 0 spiro atoms. The van der Waals surface area contributed by atoms with Crippen LogP contribution in [0.2, 0.25) is 0 Å². The molecule has 2 atom stereocenters. The molecule has 1 aliphatic heterocycles. The molecule has 0 bridgehead atoms. The number of nitrogens with one attached hydrogen (secondary N) is 2. The van der Waals surface area contributed by atoms with Gasteiger partial charge >= 0.3 is 6.03 Å². The van der Waals surface area contributed by atoms with Gasteiger partial charge in [-0.15, -0.1) is 0 Å². The van der Waals surface area contributed by atoms with Crippen molar-refractivity contribution in [3.8, 4) is 5.69 Å². The number of benzene rings is 2. The summed E-state index contributed by atoms with van der Waals surface area (Å²) in [5.41, 5.74) is 4.40. The van der Waals surface area contributed by atoms with Crippen molar-refractivity contribution in [2.45, 2.75) is 44.1 Å². The van der Waals surface area contributed by atoms with E-state index >= 15 is 0 Å². The molecule has 2 unspecified atom stereocenters. The van der Waals surface area contributed by atoms with E-state index in [2.05, 4.69) is 53.6 Å². The molecule has 1 aliphatic carbocycles. The zero-order chi connectivity index (χ0) is 24.4. The summed E-state index contributed by atoms with van der Waals surface area (Å²) in [6.45, 7) is 7.66. The van der Waals surface area contributed by atoms with Crippen molar-refractivity contribution in [2.75, 3.05) is 38.7 Å². The summed E-state index contributed by atoms with van der Waals surface area (Å²) in [4.78, 5) is 15.8. The summed E-state index contributed by atoms with van der Waals surface area (Å²) in [5.74, 6) is 1.00. The number of para-hydroxylation sites is 1. The van der Waals surface area contributed by atoms with Crippen LogP contribution in [0.25, 0.3) is 5.69 Å². The van der Waals surface area contributed by atoms with Crippen LogP contribution in [0.1, 0.15) is 43.0 Å². The van der Waals surface area contributed by atoms with Crippen LogP contribution < -0.4 is 10.6 Å². The van der Waals surface area contributed by atoms with Gasteiger partial charge in [-0.05, 0) is 30.5 Å². The summed E-state index contributed by atoms with van der Waals surface area (Å²) in [6.07, 6.45) is 1.94. The predicted octanol–water partition coefficient (Wildman–Crippen LogP) is 4.33. The number of carbonyl (C=O) groups excluding carboxylic acids is 1. The zero-order valence-electron chi connectivity index (χ0n) is 20.8. The molecule has 1 fully saturated rings. The summed E-state index contributed by atoms with van der Waals surface area (Å²) >= 11 is 0. The van der Waals surface area contributed by atoms with Crippen LogP contribution in [0.15, 0.2) is 60.7 Å². The Kier molecular flexibility index (Phi) is 6.62. The first-order chi connectivity index (χ1) is 17.0. The second kappa shape index (κ2) is 9.84. The zero-order valence-corrected chi connectivity index (χ0v) is 20.8. The van der Waals surface area contributed by atoms with Crippen LogP contribution in [-0.2, 0) is 16.6 Å². The number of rotatable bonds is 7. The molecule has 2 aromatic carbocycles. The van der Waals surface area contributed by atoms with E-state index in [1.165, 1.54) is 5.56 Å². The van der Waals surface area contributed by atoms with Crippen molar-refractivity contribution < 1.29 is 9.53 Å². The molecule has 35 heavy (non-hydrogen) atoms. The minimum atomic E-state index is -0.186. The number of urea groups is 1. The second-order valence-electron chi connectivity index (χ2n) is 10.3. The lowest BCUT2D eigenvalue weighted by Gasteiger charge is -2.21. The molecule has 0 saturated carbocycles. The smallest absolute Gasteiger partial charge is 0.320 e. The SMILES string of the molecule is COCCN1CC(NC(=O)Nc2c3c(nn2-c2ccccc2)C(C)(C)CC3)C(c2ccccc2)C1. The van der Waals surface area contributed by atoms with Gasteiger partial charge in [-0.3, -0.25) is 10.2 Å². The first kappa shape index (κ1) is 23.6. The number of ether oxygens (including phenoxy) is 1. The molecule has 184 valence electrons. The number of amides is 2. The number of nitrogens with zero attached hydrogens (tertiary/aromatic N) is 3. The number of anilines is 1. The van der Waals surface area contributed by atoms with Gasteiger partial charge in [-0.25, -0.2) is 9.48 Å². The molecular formula is C28H35N5O2. The number of likely N-dealkylation sites (tertiary alicyclic amines) is 1. The number of aromatic nitrogens is 2. The minimum absolute atomic E-state index is 0.00597. The van der Waals surface area contributed by atoms with Gasteiger partial charge in [0.2, 0.25) is 0 Å². The van der Waals surface area contributed by atoms with E-state index in [9.17, 15) is 4.79 Å². The van der Waals surface area contributed by atoms with Crippen LogP contribution >= 0.6 is 0 Å². The van der Waals surface area contributed by atoms with E-state index < -0.39 is 0 Å². The van der Waals surface area contributed by atoms with E-state index in [1.54, 1.807) is 7.11 Å². The Morgan fingerprint density at radius 1 is 1.09 bits per heavy atom. The van der Waals surface area contributed by atoms with Crippen LogP contribution in [0.4, 0.5) is 10.6 Å². The first-order valence-electron chi connectivity index (χ1n) is 12.5. The van der Waals surface area contributed by atoms with E-state index in [1.807, 2.05) is 41.1 Å². The van der Waals surface area contributed by atoms with Gasteiger partial charge in [0.15, 0.2) is 0 Å². The minimum Gasteiger partial charge on any atom is -0.383 e. The average Bonchev–Trinajstić information content (AvgIpc) is 3.52. The maximum absolute atomic E-state index is 13.4. The fourth-order valence-electron chi connectivity index (χ4n) is 5.46. The maximum Gasteiger partial charge on any atom is 0.320 e. The van der Waals surface area contributed by atoms with Crippen molar-refractivity contribution in [2.24, 2.45) is 0 Å². The number of carbonyl (C=O) groups is 1. The van der Waals surface area contributed by atoms with Crippen molar-refractivity contribution in [1.29, 1.82) is 0 Å². The van der Waals surface area contributed by atoms with E-state index in [-0.39, 0.29) is 23.4 Å². The molecule has 2 aliphatic rings. The number of hydrogen-bond donors (Lipinski definition) is 2. The van der Waals surface area contributed by atoms with Crippen LogP contribution in [-0.4, -0.2) is 60.1 Å². The third kappa shape index (κ3) is 4.83. The van der Waals surface area contributed by atoms with Gasteiger partial charge in [0.25, 0.3) is 0 Å². The predicted molar refractivity (Wildman–Crippen MR) is 138 cm³/mol. The highest BCUT2D eigenvalue weighted by atomic mass is 16.5. The van der Waals surface area contributed by atoms with Gasteiger partial charge in [0.05, 0.1) is 24.0 Å². The van der Waals surface area contributed by atoms with Gasteiger partial charge in [-0.1, -0.05) is 62.4 Å². The third-order valence-electron chi connectivity index (χ3n) is 7.41. The lowest BCUT2D eigenvalue weighted by Crippen LogP contribution is -2.42. The Bertz CT molecular complexity index is 1160. The third-order valence-corrected chi connectivity index (χ3v) is 7.41. The molecule has 1 saturated heterocycles. The molecular weight excluding hydrogens is 438 g/mol. The summed E-state index contributed by atoms with van der Waals surface area (Å²) in [6, 6.07) is 20.3. The summed E-state index contributed by atoms with van der Waals surface area (Å²) in [7, 11) is 1.73. The standard InChI is InChI=1S/C28H35N5O2/c1-28(2)15-14-22-25(28)31-33(21-12-8-5-9-13-21)26(22)30-27(34)29-24-19-32(16-17-35-3)18-23(24)20-10-6-4-7-11-20/h4-13,23-24H,14-19H2,1-3H3,(H2,29,30,34). The van der Waals surface area contributed by atoms with Crippen LogP contribution in [0, 0.1) is 0 Å². The Labute approximate surface area is 207 Å². The molecule has 1 aromatic heterocycles. The van der Waals surface area contributed by atoms with Crippen molar-refractivity contribution in [3.63, 3.8) is 0 Å². The molecule has 7 nitrogen and oxygen atoms in total. The average molecular weight is 474 g/mol. The van der Waals surface area contributed by atoms with Crippen molar-refractivity contribution in [1.82, 2.24) is 20.0 Å². The number of fused-ring (bicyclic) bond motifs is 1. The van der Waals surface area contributed by atoms with Crippen LogP contribution in [0.3, 0.4) is 0 Å². The molecule has 2 amide bonds. The van der Waals surface area contributed by atoms with Gasteiger partial charge in [-0.2, -0.15) is 5.10 Å². The Morgan fingerprint density at radius 2 is 1.80 bits per heavy atom. The van der Waals surface area contributed by atoms with Crippen molar-refractivity contribution >= 4 is 11.8 Å². The number of methoxy groups -OCH3 is 1. The highest BCUT2D eigenvalue weighted by Crippen LogP contribution is 2.42. The molecule has 2 N–H and O–H groups in total. The lowest BCUT2D eigenvalue weighted by atomic mass is 9.91. The van der Waals surface area contributed by atoms with E-state index in [0.717, 1.165) is 55.2 Å². The van der Waals surface area contributed by atoms with Gasteiger partial charge in [0, 0.05) is 43.6 Å². The van der Waals surface area contributed by atoms with E-state index in [4.69, 9.17) is 9.84 Å². The highest BCUT2D eigenvalue weighted by Gasteiger charge is 2.38. The quantitative estimate of drug-likeness (QED) is 0.536. The molecule has 5 rings (SSSR count). The monoisotopic (exact) mass is 473 g/mol. The fourth-order valence-corrected chi connectivity index (χ4v) is 5.46. The normalized spacial score (nSPS) is 21.1. The molecule has 2 heterocycles. The fraction of sp³-hybridized carbons (Fsp3) is 0.429. The largest absolute Gasteiger partial charge is 0.383 e. The Morgan fingerprint density at radius 3 is 2.51 bits per heavy atom. The van der Waals surface area contributed by atoms with Crippen molar-refractivity contribution in [3.05, 3.63) is 77.5 Å². The Balaban J connectivity index is 1.39. The Hall–Kier alpha value is -3.16. The second-order valence-corrected chi connectivity index (χ2v) is 10.3. The van der Waals surface area contributed by atoms with E-state index in [0.29, 0.717) is 6.61 Å². The summed E-state index contributed by atoms with van der Waals surface area (Å²) in [5, 5.41) is 11.4. The van der Waals surface area contributed by atoms with Crippen LogP contribution in [0.5, 0.6) is 0 Å². The summed E-state index contributed by atoms with van der Waals surface area (Å²) < 4.78 is 7.18. The topological polar surface area (TPSA) is 71.4 Å². The molecule has 0 radical (unpaired) electrons. The molecule has 7 heteroatoms. The lowest BCUT2D eigenvalue weighted by molar-refractivity contribution is 0.159. The van der Waals surface area contributed by atoms with Gasteiger partial charge < -0.3 is 10.1 Å².